The topological polar surface area (TPSA) is 85.8 Å². The summed E-state index contributed by atoms with van der Waals surface area (Å²) in [5, 5.41) is 11.6. The minimum Gasteiger partial charge on any atom is -0.349 e. The first-order chi connectivity index (χ1) is 13.9. The van der Waals surface area contributed by atoms with Crippen LogP contribution in [0.2, 0.25) is 0 Å². The number of nitrogens with zero attached hydrogens (tertiary/aromatic N) is 3. The van der Waals surface area contributed by atoms with Gasteiger partial charge in [0.1, 0.15) is 5.82 Å². The smallest absolute Gasteiger partial charge is 0.230 e. The van der Waals surface area contributed by atoms with E-state index in [9.17, 15) is 9.18 Å². The zero-order valence-corrected chi connectivity index (χ0v) is 17.2. The molecule has 0 radical (unpaired) electrons. The predicted molar refractivity (Wildman–Crippen MR) is 113 cm³/mol. The van der Waals surface area contributed by atoms with E-state index < -0.39 is 0 Å². The molecule has 8 heteroatoms. The summed E-state index contributed by atoms with van der Waals surface area (Å²) in [5.74, 6) is 6.65. The molecule has 0 aliphatic carbocycles. The fourth-order valence-electron chi connectivity index (χ4n) is 2.97. The van der Waals surface area contributed by atoms with Crippen LogP contribution in [0.4, 0.5) is 4.39 Å². The summed E-state index contributed by atoms with van der Waals surface area (Å²) in [6, 6.07) is 15.7. The number of hydrogen-bond donors (Lipinski definition) is 2. The summed E-state index contributed by atoms with van der Waals surface area (Å²) in [4.78, 5) is 12.5. The second-order valence-corrected chi connectivity index (χ2v) is 8.07. The van der Waals surface area contributed by atoms with Crippen LogP contribution in [0.3, 0.4) is 0 Å². The molecular formula is C21H24FN5OS. The molecule has 1 atom stereocenters. The Labute approximate surface area is 173 Å². The molecule has 0 saturated heterocycles. The van der Waals surface area contributed by atoms with Gasteiger partial charge in [-0.05, 0) is 42.2 Å². The second-order valence-electron chi connectivity index (χ2n) is 7.13. The molecule has 3 N–H and O–H groups in total. The normalized spacial score (nSPS) is 12.1. The van der Waals surface area contributed by atoms with Crippen molar-refractivity contribution in [2.75, 3.05) is 11.6 Å². The maximum atomic E-state index is 13.1. The fourth-order valence-corrected chi connectivity index (χ4v) is 3.64. The quantitative estimate of drug-likeness (QED) is 0.433. The van der Waals surface area contributed by atoms with E-state index in [0.717, 1.165) is 12.0 Å². The zero-order chi connectivity index (χ0) is 20.8. The number of halogens is 1. The Morgan fingerprint density at radius 1 is 1.14 bits per heavy atom. The molecule has 0 saturated carbocycles. The highest BCUT2D eigenvalue weighted by atomic mass is 32.2. The number of thioether (sulfide) groups is 1. The lowest BCUT2D eigenvalue weighted by Crippen LogP contribution is -2.31. The van der Waals surface area contributed by atoms with Crippen LogP contribution in [-0.2, 0) is 4.79 Å². The first-order valence-electron chi connectivity index (χ1n) is 9.37. The van der Waals surface area contributed by atoms with Gasteiger partial charge in [0.05, 0.1) is 11.8 Å². The van der Waals surface area contributed by atoms with Crippen LogP contribution in [0.5, 0.6) is 0 Å². The highest BCUT2D eigenvalue weighted by Gasteiger charge is 2.18. The molecule has 0 spiro atoms. The van der Waals surface area contributed by atoms with Gasteiger partial charge in [-0.25, -0.2) is 9.07 Å². The van der Waals surface area contributed by atoms with Crippen LogP contribution < -0.4 is 11.2 Å². The number of nitrogen functional groups attached to an aromatic ring is 1. The number of amides is 1. The molecule has 3 rings (SSSR count). The lowest BCUT2D eigenvalue weighted by atomic mass is 9.97. The molecule has 1 aromatic heterocycles. The molecular weight excluding hydrogens is 389 g/mol. The summed E-state index contributed by atoms with van der Waals surface area (Å²) in [7, 11) is 0. The van der Waals surface area contributed by atoms with Gasteiger partial charge in [0.25, 0.3) is 0 Å². The SMILES string of the molecule is CC(C)C[C@H](NC(=O)CSc1nnc(-c2ccc(F)cc2)n1N)c1ccccc1. The van der Waals surface area contributed by atoms with E-state index in [4.69, 9.17) is 5.84 Å². The van der Waals surface area contributed by atoms with Gasteiger partial charge in [-0.1, -0.05) is 55.9 Å². The molecule has 3 aromatic rings. The molecule has 1 amide bonds. The molecule has 0 fully saturated rings. The Bertz CT molecular complexity index is 943. The maximum absolute atomic E-state index is 13.1. The average molecular weight is 414 g/mol. The lowest BCUT2D eigenvalue weighted by molar-refractivity contribution is -0.119. The Morgan fingerprint density at radius 2 is 1.83 bits per heavy atom. The number of carbonyl (C=O) groups is 1. The van der Waals surface area contributed by atoms with Crippen molar-refractivity contribution in [3.63, 3.8) is 0 Å². The standard InChI is InChI=1S/C21H24FN5OS/c1-14(2)12-18(15-6-4-3-5-7-15)24-19(28)13-29-21-26-25-20(27(21)23)16-8-10-17(22)11-9-16/h3-11,14,18H,12-13,23H2,1-2H3,(H,24,28)/t18-/m0/s1. The molecule has 152 valence electrons. The van der Waals surface area contributed by atoms with Crippen LogP contribution in [-0.4, -0.2) is 26.5 Å². The Kier molecular flexibility index (Phi) is 6.87. The van der Waals surface area contributed by atoms with Gasteiger partial charge in [0.15, 0.2) is 5.82 Å². The maximum Gasteiger partial charge on any atom is 0.230 e. The van der Waals surface area contributed by atoms with E-state index in [1.54, 1.807) is 12.1 Å². The first kappa shape index (κ1) is 20.9. The molecule has 2 aromatic carbocycles. The Morgan fingerprint density at radius 3 is 2.48 bits per heavy atom. The largest absolute Gasteiger partial charge is 0.349 e. The van der Waals surface area contributed by atoms with E-state index in [1.165, 1.54) is 28.6 Å². The number of rotatable bonds is 8. The van der Waals surface area contributed by atoms with Gasteiger partial charge >= 0.3 is 0 Å². The van der Waals surface area contributed by atoms with E-state index >= 15 is 0 Å². The summed E-state index contributed by atoms with van der Waals surface area (Å²) in [6.45, 7) is 4.26. The molecule has 0 aliphatic rings. The highest BCUT2D eigenvalue weighted by Crippen LogP contribution is 2.24. The van der Waals surface area contributed by atoms with Crippen molar-refractivity contribution in [1.82, 2.24) is 20.2 Å². The van der Waals surface area contributed by atoms with Crippen molar-refractivity contribution in [1.29, 1.82) is 0 Å². The van der Waals surface area contributed by atoms with Crippen LogP contribution in [0.25, 0.3) is 11.4 Å². The molecule has 0 aliphatic heterocycles. The third-order valence-electron chi connectivity index (χ3n) is 4.34. The van der Waals surface area contributed by atoms with Gasteiger partial charge in [-0.15, -0.1) is 10.2 Å². The Balaban J connectivity index is 1.63. The highest BCUT2D eigenvalue weighted by molar-refractivity contribution is 7.99. The number of nitrogens with one attached hydrogen (secondary N) is 1. The van der Waals surface area contributed by atoms with Crippen molar-refractivity contribution in [3.8, 4) is 11.4 Å². The third-order valence-corrected chi connectivity index (χ3v) is 5.29. The monoisotopic (exact) mass is 413 g/mol. The van der Waals surface area contributed by atoms with Crippen molar-refractivity contribution < 1.29 is 9.18 Å². The molecule has 6 nitrogen and oxygen atoms in total. The van der Waals surface area contributed by atoms with Gasteiger partial charge < -0.3 is 11.2 Å². The molecule has 0 bridgehead atoms. The van der Waals surface area contributed by atoms with Crippen LogP contribution in [0.15, 0.2) is 59.8 Å². The third kappa shape index (κ3) is 5.57. The van der Waals surface area contributed by atoms with E-state index in [0.29, 0.717) is 22.5 Å². The molecule has 0 unspecified atom stereocenters. The molecule has 29 heavy (non-hydrogen) atoms. The van der Waals surface area contributed by atoms with Crippen LogP contribution in [0, 0.1) is 11.7 Å². The number of aromatic nitrogens is 3. The van der Waals surface area contributed by atoms with E-state index in [1.807, 2.05) is 30.3 Å². The van der Waals surface area contributed by atoms with Gasteiger partial charge in [-0.3, -0.25) is 4.79 Å². The number of benzene rings is 2. The minimum absolute atomic E-state index is 0.0465. The molecule has 1 heterocycles. The van der Waals surface area contributed by atoms with Crippen molar-refractivity contribution >= 4 is 17.7 Å². The Hall–Kier alpha value is -2.87. The number of nitrogens with two attached hydrogens (primary N) is 1. The number of carbonyl (C=O) groups excluding carboxylic acids is 1. The van der Waals surface area contributed by atoms with Crippen molar-refractivity contribution in [2.45, 2.75) is 31.5 Å². The van der Waals surface area contributed by atoms with Crippen LogP contribution in [0.1, 0.15) is 31.9 Å². The van der Waals surface area contributed by atoms with Gasteiger partial charge in [0, 0.05) is 5.56 Å². The summed E-state index contributed by atoms with van der Waals surface area (Å²) in [5.41, 5.74) is 1.74. The van der Waals surface area contributed by atoms with Gasteiger partial charge in [0.2, 0.25) is 11.1 Å². The number of hydrogen-bond acceptors (Lipinski definition) is 5. The van der Waals surface area contributed by atoms with Crippen molar-refractivity contribution in [3.05, 3.63) is 66.0 Å². The van der Waals surface area contributed by atoms with Gasteiger partial charge in [-0.2, -0.15) is 0 Å². The predicted octanol–water partition coefficient (Wildman–Crippen LogP) is 3.79. The first-order valence-corrected chi connectivity index (χ1v) is 10.4. The fraction of sp³-hybridized carbons (Fsp3) is 0.286. The van der Waals surface area contributed by atoms with E-state index in [2.05, 4.69) is 29.4 Å². The summed E-state index contributed by atoms with van der Waals surface area (Å²) >= 11 is 1.21. The van der Waals surface area contributed by atoms with Crippen LogP contribution >= 0.6 is 11.8 Å². The minimum atomic E-state index is -0.336. The second kappa shape index (κ2) is 9.56. The summed E-state index contributed by atoms with van der Waals surface area (Å²) in [6.07, 6.45) is 0.849. The average Bonchev–Trinajstić information content (AvgIpc) is 3.07. The lowest BCUT2D eigenvalue weighted by Gasteiger charge is -2.21. The van der Waals surface area contributed by atoms with Crippen molar-refractivity contribution in [2.24, 2.45) is 5.92 Å². The summed E-state index contributed by atoms with van der Waals surface area (Å²) < 4.78 is 14.4. The van der Waals surface area contributed by atoms with E-state index in [-0.39, 0.29) is 23.5 Å². The zero-order valence-electron chi connectivity index (χ0n) is 16.4.